The van der Waals surface area contributed by atoms with E-state index in [2.05, 4.69) is 22.3 Å². The second kappa shape index (κ2) is 7.14. The first-order valence-corrected chi connectivity index (χ1v) is 6.93. The summed E-state index contributed by atoms with van der Waals surface area (Å²) in [4.78, 5) is 14.0. The van der Waals surface area contributed by atoms with Crippen molar-refractivity contribution in [1.29, 1.82) is 0 Å². The van der Waals surface area contributed by atoms with Gasteiger partial charge >= 0.3 is 0 Å². The predicted octanol–water partition coefficient (Wildman–Crippen LogP) is 1.81. The van der Waals surface area contributed by atoms with E-state index < -0.39 is 0 Å². The van der Waals surface area contributed by atoms with Crippen LogP contribution in [0, 0.1) is 0 Å². The van der Waals surface area contributed by atoms with E-state index >= 15 is 0 Å². The lowest BCUT2D eigenvalue weighted by Crippen LogP contribution is -2.41. The first kappa shape index (κ1) is 13.9. The smallest absolute Gasteiger partial charge is 0.249 e. The van der Waals surface area contributed by atoms with Gasteiger partial charge in [0.05, 0.1) is 0 Å². The maximum Gasteiger partial charge on any atom is 0.249 e. The third kappa shape index (κ3) is 4.24. The lowest BCUT2D eigenvalue weighted by atomic mass is 10.1. The molecule has 0 aliphatic carbocycles. The van der Waals surface area contributed by atoms with Gasteiger partial charge in [-0.1, -0.05) is 18.2 Å². The molecular formula is C15H22N2O2. The number of rotatable bonds is 5. The summed E-state index contributed by atoms with van der Waals surface area (Å²) in [6.07, 6.45) is 2.76. The second-order valence-corrected chi connectivity index (χ2v) is 4.90. The van der Waals surface area contributed by atoms with Crippen molar-refractivity contribution in [2.24, 2.45) is 0 Å². The van der Waals surface area contributed by atoms with Gasteiger partial charge in [-0.25, -0.2) is 0 Å². The Balaban J connectivity index is 1.69. The van der Waals surface area contributed by atoms with Crippen LogP contribution in [0.2, 0.25) is 0 Å². The summed E-state index contributed by atoms with van der Waals surface area (Å²) in [5.41, 5.74) is 1.16. The van der Waals surface area contributed by atoms with Gasteiger partial charge in [0, 0.05) is 32.4 Å². The number of hydrogen-bond donors (Lipinski definition) is 1. The number of hydrogen-bond acceptors (Lipinski definition) is 3. The molecule has 19 heavy (non-hydrogen) atoms. The SMILES string of the molecule is CN(CCNC(=O)[C@@H]1CCCCO1)c1ccccc1. The monoisotopic (exact) mass is 262 g/mol. The number of para-hydroxylation sites is 1. The minimum absolute atomic E-state index is 0.0289. The number of ether oxygens (including phenoxy) is 1. The van der Waals surface area contributed by atoms with E-state index in [1.165, 1.54) is 0 Å². The molecule has 1 aliphatic heterocycles. The average Bonchev–Trinajstić information content (AvgIpc) is 2.49. The molecule has 1 saturated heterocycles. The maximum atomic E-state index is 11.9. The van der Waals surface area contributed by atoms with E-state index in [0.717, 1.165) is 31.5 Å². The van der Waals surface area contributed by atoms with Crippen molar-refractivity contribution in [1.82, 2.24) is 5.32 Å². The third-order valence-electron chi connectivity index (χ3n) is 3.42. The molecule has 0 radical (unpaired) electrons. The molecule has 1 fully saturated rings. The van der Waals surface area contributed by atoms with E-state index in [4.69, 9.17) is 4.74 Å². The number of nitrogens with one attached hydrogen (secondary N) is 1. The first-order valence-electron chi connectivity index (χ1n) is 6.93. The number of carbonyl (C=O) groups is 1. The summed E-state index contributed by atoms with van der Waals surface area (Å²) in [5, 5.41) is 2.95. The Bertz CT molecular complexity index is 388. The molecule has 0 spiro atoms. The minimum atomic E-state index is -0.240. The number of amides is 1. The zero-order valence-electron chi connectivity index (χ0n) is 11.5. The van der Waals surface area contributed by atoms with Crippen molar-refractivity contribution < 1.29 is 9.53 Å². The molecule has 1 aromatic rings. The van der Waals surface area contributed by atoms with Crippen LogP contribution in [0.4, 0.5) is 5.69 Å². The summed E-state index contributed by atoms with van der Waals surface area (Å²) < 4.78 is 5.46. The Morgan fingerprint density at radius 1 is 1.37 bits per heavy atom. The summed E-state index contributed by atoms with van der Waals surface area (Å²) in [6.45, 7) is 2.15. The van der Waals surface area contributed by atoms with Gasteiger partial charge in [0.1, 0.15) is 6.10 Å². The fourth-order valence-electron chi connectivity index (χ4n) is 2.22. The zero-order chi connectivity index (χ0) is 13.5. The highest BCUT2D eigenvalue weighted by Gasteiger charge is 2.21. The molecule has 1 aliphatic rings. The summed E-state index contributed by atoms with van der Waals surface area (Å²) in [7, 11) is 2.03. The van der Waals surface area contributed by atoms with E-state index in [1.54, 1.807) is 0 Å². The predicted molar refractivity (Wildman–Crippen MR) is 76.3 cm³/mol. The largest absolute Gasteiger partial charge is 0.373 e. The Kier molecular flexibility index (Phi) is 5.21. The molecule has 4 nitrogen and oxygen atoms in total. The molecule has 1 N–H and O–H groups in total. The van der Waals surface area contributed by atoms with Gasteiger partial charge in [0.25, 0.3) is 0 Å². The summed E-state index contributed by atoms with van der Waals surface area (Å²) >= 11 is 0. The van der Waals surface area contributed by atoms with Gasteiger partial charge in [0.2, 0.25) is 5.91 Å². The van der Waals surface area contributed by atoms with Gasteiger partial charge in [-0.15, -0.1) is 0 Å². The van der Waals surface area contributed by atoms with Crippen LogP contribution in [0.3, 0.4) is 0 Å². The van der Waals surface area contributed by atoms with E-state index in [-0.39, 0.29) is 12.0 Å². The van der Waals surface area contributed by atoms with Crippen LogP contribution in [0.5, 0.6) is 0 Å². The second-order valence-electron chi connectivity index (χ2n) is 4.90. The van der Waals surface area contributed by atoms with Crippen molar-refractivity contribution in [3.8, 4) is 0 Å². The summed E-state index contributed by atoms with van der Waals surface area (Å²) in [6, 6.07) is 10.2. The van der Waals surface area contributed by atoms with Gasteiger partial charge in [-0.2, -0.15) is 0 Å². The molecule has 1 heterocycles. The lowest BCUT2D eigenvalue weighted by Gasteiger charge is -2.23. The van der Waals surface area contributed by atoms with Crippen LogP contribution in [0.25, 0.3) is 0 Å². The first-order chi connectivity index (χ1) is 9.27. The molecule has 0 bridgehead atoms. The molecule has 0 saturated carbocycles. The molecule has 0 unspecified atom stereocenters. The fourth-order valence-corrected chi connectivity index (χ4v) is 2.22. The van der Waals surface area contributed by atoms with Gasteiger partial charge in [0.15, 0.2) is 0 Å². The van der Waals surface area contributed by atoms with E-state index in [9.17, 15) is 4.79 Å². The van der Waals surface area contributed by atoms with Crippen LogP contribution < -0.4 is 10.2 Å². The average molecular weight is 262 g/mol. The summed E-state index contributed by atoms with van der Waals surface area (Å²) in [5.74, 6) is 0.0289. The van der Waals surface area contributed by atoms with Gasteiger partial charge in [-0.3, -0.25) is 4.79 Å². The van der Waals surface area contributed by atoms with Crippen LogP contribution >= 0.6 is 0 Å². The van der Waals surface area contributed by atoms with Crippen LogP contribution in [0.15, 0.2) is 30.3 Å². The lowest BCUT2D eigenvalue weighted by molar-refractivity contribution is -0.135. The van der Waals surface area contributed by atoms with Crippen LogP contribution in [-0.4, -0.2) is 38.8 Å². The number of anilines is 1. The molecule has 1 aromatic carbocycles. The van der Waals surface area contributed by atoms with Crippen molar-refractivity contribution in [3.05, 3.63) is 30.3 Å². The van der Waals surface area contributed by atoms with Crippen molar-refractivity contribution in [2.75, 3.05) is 31.6 Å². The number of nitrogens with zero attached hydrogens (tertiary/aromatic N) is 1. The number of benzene rings is 1. The van der Waals surface area contributed by atoms with Crippen LogP contribution in [0.1, 0.15) is 19.3 Å². The standard InChI is InChI=1S/C15H22N2O2/c1-17(13-7-3-2-4-8-13)11-10-16-15(18)14-9-5-6-12-19-14/h2-4,7-8,14H,5-6,9-12H2,1H3,(H,16,18)/t14-/m0/s1. The quantitative estimate of drug-likeness (QED) is 0.880. The Morgan fingerprint density at radius 2 is 2.16 bits per heavy atom. The van der Waals surface area contributed by atoms with Crippen molar-refractivity contribution in [3.63, 3.8) is 0 Å². The minimum Gasteiger partial charge on any atom is -0.373 e. The molecule has 2 rings (SSSR count). The van der Waals surface area contributed by atoms with Gasteiger partial charge < -0.3 is 15.0 Å². The van der Waals surface area contributed by atoms with Gasteiger partial charge in [-0.05, 0) is 31.4 Å². The van der Waals surface area contributed by atoms with Crippen LogP contribution in [-0.2, 0) is 9.53 Å². The maximum absolute atomic E-state index is 11.9. The third-order valence-corrected chi connectivity index (χ3v) is 3.42. The fraction of sp³-hybridized carbons (Fsp3) is 0.533. The Hall–Kier alpha value is -1.55. The highest BCUT2D eigenvalue weighted by molar-refractivity contribution is 5.80. The number of likely N-dealkylation sites (N-methyl/N-ethyl adjacent to an activating group) is 1. The van der Waals surface area contributed by atoms with E-state index in [1.807, 2.05) is 25.2 Å². The zero-order valence-corrected chi connectivity index (χ0v) is 11.5. The topological polar surface area (TPSA) is 41.6 Å². The number of carbonyl (C=O) groups excluding carboxylic acids is 1. The molecular weight excluding hydrogens is 240 g/mol. The highest BCUT2D eigenvalue weighted by Crippen LogP contribution is 2.13. The highest BCUT2D eigenvalue weighted by atomic mass is 16.5. The molecule has 1 amide bonds. The van der Waals surface area contributed by atoms with E-state index in [0.29, 0.717) is 13.2 Å². The Labute approximate surface area is 114 Å². The molecule has 0 aromatic heterocycles. The molecule has 1 atom stereocenters. The van der Waals surface area contributed by atoms with Crippen molar-refractivity contribution >= 4 is 11.6 Å². The van der Waals surface area contributed by atoms with Crippen molar-refractivity contribution in [2.45, 2.75) is 25.4 Å². The normalized spacial score (nSPS) is 18.9. The molecule has 104 valence electrons. The Morgan fingerprint density at radius 3 is 2.84 bits per heavy atom. The molecule has 4 heteroatoms.